The number of guanidine groups is 1. The maximum Gasteiger partial charge on any atom is 0.193 e. The summed E-state index contributed by atoms with van der Waals surface area (Å²) in [6, 6.07) is 0. The van der Waals surface area contributed by atoms with E-state index >= 15 is 0 Å². The maximum atomic E-state index is 4.85. The van der Waals surface area contributed by atoms with E-state index in [9.17, 15) is 0 Å². The van der Waals surface area contributed by atoms with E-state index < -0.39 is 0 Å². The number of hydrogen-bond acceptors (Lipinski definition) is 2. The minimum Gasteiger partial charge on any atom is -0.357 e. The molecule has 0 radical (unpaired) electrons. The zero-order valence-electron chi connectivity index (χ0n) is 14.0. The zero-order chi connectivity index (χ0) is 14.4. The molecule has 21 heavy (non-hydrogen) atoms. The number of nitrogens with one attached hydrogen (secondary N) is 1. The van der Waals surface area contributed by atoms with Crippen LogP contribution in [0, 0.1) is 5.41 Å². The van der Waals surface area contributed by atoms with Gasteiger partial charge in [0.05, 0.1) is 6.54 Å². The van der Waals surface area contributed by atoms with Gasteiger partial charge in [0.15, 0.2) is 5.96 Å². The highest BCUT2D eigenvalue weighted by Crippen LogP contribution is 2.32. The van der Waals surface area contributed by atoms with Crippen LogP contribution in [0.25, 0.3) is 0 Å². The van der Waals surface area contributed by atoms with Gasteiger partial charge in [-0.15, -0.1) is 24.0 Å². The molecule has 124 valence electrons. The molecule has 2 aliphatic heterocycles. The molecule has 2 aliphatic rings. The van der Waals surface area contributed by atoms with E-state index in [4.69, 9.17) is 4.99 Å². The molecule has 2 heterocycles. The molecular formula is C16H33IN4. The summed E-state index contributed by atoms with van der Waals surface area (Å²) in [5.74, 6) is 1.13. The van der Waals surface area contributed by atoms with Crippen LogP contribution in [0.15, 0.2) is 4.99 Å². The van der Waals surface area contributed by atoms with Crippen molar-refractivity contribution in [2.75, 3.05) is 45.8 Å². The van der Waals surface area contributed by atoms with E-state index in [1.54, 1.807) is 0 Å². The van der Waals surface area contributed by atoms with Gasteiger partial charge in [0.2, 0.25) is 0 Å². The van der Waals surface area contributed by atoms with Gasteiger partial charge in [0.25, 0.3) is 0 Å². The van der Waals surface area contributed by atoms with Crippen LogP contribution in [0.2, 0.25) is 0 Å². The third-order valence-corrected chi connectivity index (χ3v) is 4.92. The first-order valence-electron chi connectivity index (χ1n) is 8.42. The van der Waals surface area contributed by atoms with Crippen LogP contribution in [0.1, 0.15) is 46.5 Å². The summed E-state index contributed by atoms with van der Waals surface area (Å²) in [6.45, 7) is 14.7. The molecule has 0 bridgehead atoms. The lowest BCUT2D eigenvalue weighted by Gasteiger charge is -2.25. The van der Waals surface area contributed by atoms with Gasteiger partial charge in [-0.1, -0.05) is 13.8 Å². The number of aliphatic imine (C=N–C) groups is 1. The highest BCUT2D eigenvalue weighted by Gasteiger charge is 2.33. The molecule has 2 fully saturated rings. The molecule has 1 unspecified atom stereocenters. The van der Waals surface area contributed by atoms with E-state index in [2.05, 4.69) is 35.9 Å². The molecule has 0 aromatic heterocycles. The number of likely N-dealkylation sites (tertiary alicyclic amines) is 2. The second-order valence-electron chi connectivity index (χ2n) is 6.62. The first kappa shape index (κ1) is 19.0. The van der Waals surface area contributed by atoms with E-state index in [0.29, 0.717) is 5.41 Å². The van der Waals surface area contributed by atoms with Gasteiger partial charge < -0.3 is 15.1 Å². The van der Waals surface area contributed by atoms with Gasteiger partial charge in [0.1, 0.15) is 0 Å². The molecule has 0 aromatic carbocycles. The molecule has 0 saturated carbocycles. The Morgan fingerprint density at radius 2 is 1.90 bits per heavy atom. The van der Waals surface area contributed by atoms with Crippen molar-refractivity contribution in [2.45, 2.75) is 46.5 Å². The predicted molar refractivity (Wildman–Crippen MR) is 102 cm³/mol. The molecule has 0 aliphatic carbocycles. The highest BCUT2D eigenvalue weighted by molar-refractivity contribution is 14.0. The molecule has 1 atom stereocenters. The predicted octanol–water partition coefficient (Wildman–Crippen LogP) is 2.79. The average Bonchev–Trinajstić information content (AvgIpc) is 3.08. The zero-order valence-corrected chi connectivity index (χ0v) is 16.4. The smallest absolute Gasteiger partial charge is 0.193 e. The van der Waals surface area contributed by atoms with Crippen molar-refractivity contribution in [2.24, 2.45) is 10.4 Å². The summed E-state index contributed by atoms with van der Waals surface area (Å²) in [5.41, 5.74) is 0.477. The fourth-order valence-electron chi connectivity index (χ4n) is 3.22. The Bertz CT molecular complexity index is 328. The van der Waals surface area contributed by atoms with Gasteiger partial charge in [-0.2, -0.15) is 0 Å². The molecule has 4 nitrogen and oxygen atoms in total. The molecule has 0 aromatic rings. The molecular weight excluding hydrogens is 375 g/mol. The quantitative estimate of drug-likeness (QED) is 0.431. The first-order valence-corrected chi connectivity index (χ1v) is 8.42. The summed E-state index contributed by atoms with van der Waals surface area (Å²) in [7, 11) is 0. The van der Waals surface area contributed by atoms with E-state index in [1.807, 2.05) is 0 Å². The van der Waals surface area contributed by atoms with Crippen LogP contribution in [0.4, 0.5) is 0 Å². The standard InChI is InChI=1S/C16H32N4.HI/c1-4-16(3)8-12-20(14-16)15(17-5-2)18-9-13-19-10-6-7-11-19;/h4-14H2,1-3H3,(H,17,18);1H. The average molecular weight is 408 g/mol. The van der Waals surface area contributed by atoms with Crippen LogP contribution in [0.5, 0.6) is 0 Å². The Kier molecular flexibility index (Phi) is 8.31. The van der Waals surface area contributed by atoms with Crippen LogP contribution < -0.4 is 5.32 Å². The van der Waals surface area contributed by atoms with Gasteiger partial charge in [0, 0.05) is 26.2 Å². The van der Waals surface area contributed by atoms with Crippen molar-refractivity contribution < 1.29 is 0 Å². The summed E-state index contributed by atoms with van der Waals surface area (Å²) in [4.78, 5) is 9.84. The topological polar surface area (TPSA) is 30.9 Å². The summed E-state index contributed by atoms with van der Waals surface area (Å²) < 4.78 is 0. The van der Waals surface area contributed by atoms with E-state index in [1.165, 1.54) is 38.8 Å². The molecule has 1 N–H and O–H groups in total. The number of hydrogen-bond donors (Lipinski definition) is 1. The van der Waals surface area contributed by atoms with Gasteiger partial charge in [-0.3, -0.25) is 4.99 Å². The second-order valence-corrected chi connectivity index (χ2v) is 6.62. The number of rotatable bonds is 5. The van der Waals surface area contributed by atoms with Crippen molar-refractivity contribution in [1.82, 2.24) is 15.1 Å². The van der Waals surface area contributed by atoms with Crippen LogP contribution in [-0.2, 0) is 0 Å². The van der Waals surface area contributed by atoms with Crippen molar-refractivity contribution >= 4 is 29.9 Å². The van der Waals surface area contributed by atoms with E-state index in [0.717, 1.165) is 38.7 Å². The largest absolute Gasteiger partial charge is 0.357 e. The summed E-state index contributed by atoms with van der Waals surface area (Å²) in [6.07, 6.45) is 5.28. The Labute approximate surface area is 147 Å². The van der Waals surface area contributed by atoms with Gasteiger partial charge in [-0.25, -0.2) is 0 Å². The van der Waals surface area contributed by atoms with Crippen LogP contribution in [0.3, 0.4) is 0 Å². The lowest BCUT2D eigenvalue weighted by Crippen LogP contribution is -2.41. The van der Waals surface area contributed by atoms with Crippen molar-refractivity contribution in [1.29, 1.82) is 0 Å². The summed E-state index contributed by atoms with van der Waals surface area (Å²) in [5, 5.41) is 3.47. The SMILES string of the molecule is CCNC(=NCCN1CCCC1)N1CCC(C)(CC)C1.I. The Morgan fingerprint density at radius 3 is 2.48 bits per heavy atom. The minimum absolute atomic E-state index is 0. The van der Waals surface area contributed by atoms with Gasteiger partial charge in [-0.05, 0) is 51.1 Å². The Balaban J connectivity index is 0.00000220. The molecule has 0 amide bonds. The Morgan fingerprint density at radius 1 is 1.19 bits per heavy atom. The molecule has 2 rings (SSSR count). The van der Waals surface area contributed by atoms with Crippen molar-refractivity contribution in [3.8, 4) is 0 Å². The third-order valence-electron chi connectivity index (χ3n) is 4.92. The van der Waals surface area contributed by atoms with Crippen LogP contribution in [-0.4, -0.2) is 61.6 Å². The Hall–Kier alpha value is -0.0400. The van der Waals surface area contributed by atoms with Gasteiger partial charge >= 0.3 is 0 Å². The molecule has 0 spiro atoms. The highest BCUT2D eigenvalue weighted by atomic mass is 127. The fraction of sp³-hybridized carbons (Fsp3) is 0.938. The summed E-state index contributed by atoms with van der Waals surface area (Å²) >= 11 is 0. The maximum absolute atomic E-state index is 4.85. The third kappa shape index (κ3) is 5.58. The fourth-order valence-corrected chi connectivity index (χ4v) is 3.22. The van der Waals surface area contributed by atoms with Crippen molar-refractivity contribution in [3.05, 3.63) is 0 Å². The molecule has 2 saturated heterocycles. The first-order chi connectivity index (χ1) is 9.67. The lowest BCUT2D eigenvalue weighted by molar-refractivity contribution is 0.320. The normalized spacial score (nSPS) is 27.0. The second kappa shape index (κ2) is 9.18. The van der Waals surface area contributed by atoms with E-state index in [-0.39, 0.29) is 24.0 Å². The van der Waals surface area contributed by atoms with Crippen molar-refractivity contribution in [3.63, 3.8) is 0 Å². The molecule has 5 heteroatoms. The number of nitrogens with zero attached hydrogens (tertiary/aromatic N) is 3. The minimum atomic E-state index is 0. The lowest BCUT2D eigenvalue weighted by atomic mass is 9.87. The monoisotopic (exact) mass is 408 g/mol. The van der Waals surface area contributed by atoms with Crippen LogP contribution >= 0.6 is 24.0 Å². The number of halogens is 1.